The number of aryl methyl sites for hydroxylation is 1. The Labute approximate surface area is 163 Å². The molecule has 4 rings (SSSR count). The Morgan fingerprint density at radius 2 is 1.75 bits per heavy atom. The highest BCUT2D eigenvalue weighted by atomic mass is 16.4. The van der Waals surface area contributed by atoms with Crippen LogP contribution in [0.5, 0.6) is 0 Å². The molecule has 0 unspecified atom stereocenters. The van der Waals surface area contributed by atoms with Crippen molar-refractivity contribution >= 4 is 22.8 Å². The molecule has 1 saturated carbocycles. The molecule has 0 bridgehead atoms. The van der Waals surface area contributed by atoms with Crippen LogP contribution in [0.25, 0.3) is 22.3 Å². The molecule has 142 valence electrons. The van der Waals surface area contributed by atoms with Crippen molar-refractivity contribution in [3.63, 3.8) is 0 Å². The molecule has 2 aromatic carbocycles. The van der Waals surface area contributed by atoms with Crippen molar-refractivity contribution in [3.8, 4) is 11.3 Å². The van der Waals surface area contributed by atoms with E-state index in [2.05, 4.69) is 0 Å². The summed E-state index contributed by atoms with van der Waals surface area (Å²) in [6, 6.07) is 15.5. The molecule has 0 amide bonds. The topological polar surface area (TPSA) is 80.1 Å². The lowest BCUT2D eigenvalue weighted by Gasteiger charge is -2.11. The molecular weight excluding hydrogens is 352 g/mol. The first-order valence-corrected chi connectivity index (χ1v) is 9.74. The summed E-state index contributed by atoms with van der Waals surface area (Å²) in [7, 11) is 0. The first kappa shape index (κ1) is 18.3. The molecule has 28 heavy (non-hydrogen) atoms. The van der Waals surface area contributed by atoms with Gasteiger partial charge in [0.25, 0.3) is 0 Å². The third-order valence-corrected chi connectivity index (χ3v) is 5.07. The second kappa shape index (κ2) is 7.89. The zero-order valence-corrected chi connectivity index (χ0v) is 15.6. The lowest BCUT2D eigenvalue weighted by Crippen LogP contribution is -2.04. The van der Waals surface area contributed by atoms with Crippen LogP contribution < -0.4 is 0 Å². The molecule has 0 atom stereocenters. The Kier molecular flexibility index (Phi) is 5.15. The number of nitrogens with zero attached hydrogens (tertiary/aromatic N) is 2. The summed E-state index contributed by atoms with van der Waals surface area (Å²) in [5.74, 6) is -0.417. The maximum atomic E-state index is 12.4. The van der Waals surface area contributed by atoms with Crippen LogP contribution in [0.15, 0.2) is 48.5 Å². The number of carbonyl (C=O) groups excluding carboxylic acids is 1. The summed E-state index contributed by atoms with van der Waals surface area (Å²) in [5, 5.41) is 8.86. The lowest BCUT2D eigenvalue weighted by molar-refractivity contribution is -0.137. The molecule has 1 fully saturated rings. The van der Waals surface area contributed by atoms with E-state index in [0.29, 0.717) is 18.4 Å². The Bertz CT molecular complexity index is 1030. The monoisotopic (exact) mass is 374 g/mol. The number of fused-ring (bicyclic) bond motifs is 1. The lowest BCUT2D eigenvalue weighted by atomic mass is 10.0. The maximum absolute atomic E-state index is 12.4. The molecule has 1 aromatic heterocycles. The summed E-state index contributed by atoms with van der Waals surface area (Å²) in [4.78, 5) is 32.8. The van der Waals surface area contributed by atoms with E-state index in [1.54, 1.807) is 0 Å². The minimum absolute atomic E-state index is 0.154. The van der Waals surface area contributed by atoms with Gasteiger partial charge in [0.2, 0.25) is 0 Å². The van der Waals surface area contributed by atoms with Gasteiger partial charge in [-0.1, -0.05) is 30.3 Å². The average Bonchev–Trinajstić information content (AvgIpc) is 3.55. The smallest absolute Gasteiger partial charge is 0.303 e. The van der Waals surface area contributed by atoms with Gasteiger partial charge in [0.1, 0.15) is 0 Å². The number of carboxylic acids is 1. The highest BCUT2D eigenvalue weighted by Gasteiger charge is 2.30. The van der Waals surface area contributed by atoms with Gasteiger partial charge < -0.3 is 5.11 Å². The predicted octanol–water partition coefficient (Wildman–Crippen LogP) is 4.69. The van der Waals surface area contributed by atoms with Gasteiger partial charge in [-0.2, -0.15) is 0 Å². The average molecular weight is 374 g/mol. The Hall–Kier alpha value is -3.08. The molecule has 1 aliphatic carbocycles. The molecule has 1 aliphatic rings. The predicted molar refractivity (Wildman–Crippen MR) is 107 cm³/mol. The summed E-state index contributed by atoms with van der Waals surface area (Å²) in [6.07, 6.45) is 4.09. The summed E-state index contributed by atoms with van der Waals surface area (Å²) in [6.45, 7) is 0. The van der Waals surface area contributed by atoms with Crippen molar-refractivity contribution in [2.24, 2.45) is 5.92 Å². The number of ketones is 1. The van der Waals surface area contributed by atoms with Crippen LogP contribution in [-0.4, -0.2) is 26.8 Å². The van der Waals surface area contributed by atoms with Crippen LogP contribution in [0.3, 0.4) is 0 Å². The van der Waals surface area contributed by atoms with Crippen LogP contribution in [0.1, 0.15) is 48.2 Å². The van der Waals surface area contributed by atoms with Crippen LogP contribution >= 0.6 is 0 Å². The van der Waals surface area contributed by atoms with Gasteiger partial charge in [-0.25, -0.2) is 9.97 Å². The Morgan fingerprint density at radius 1 is 0.964 bits per heavy atom. The number of rotatable bonds is 8. The fourth-order valence-electron chi connectivity index (χ4n) is 3.40. The largest absolute Gasteiger partial charge is 0.481 e. The van der Waals surface area contributed by atoms with Crippen LogP contribution in [-0.2, 0) is 11.2 Å². The van der Waals surface area contributed by atoms with E-state index in [0.717, 1.165) is 47.2 Å². The van der Waals surface area contributed by atoms with E-state index in [1.165, 1.54) is 0 Å². The van der Waals surface area contributed by atoms with Crippen molar-refractivity contribution in [1.82, 2.24) is 9.97 Å². The molecule has 3 aromatic rings. The molecule has 1 heterocycles. The number of benzene rings is 2. The van der Waals surface area contributed by atoms with Crippen molar-refractivity contribution < 1.29 is 14.7 Å². The standard InChI is InChI=1S/C23H22N2O3/c26-21(27)9-5-4-8-19-22(15-6-2-1-3-7-15)25-18-13-12-17(14-20(18)24-19)23(28)16-10-11-16/h1-3,6-7,12-14,16H,4-5,8-11H2,(H,26,27). The molecular formula is C23H22N2O3. The minimum Gasteiger partial charge on any atom is -0.481 e. The normalized spacial score (nSPS) is 13.6. The molecule has 0 spiro atoms. The molecule has 0 saturated heterocycles. The molecule has 1 N–H and O–H groups in total. The Morgan fingerprint density at radius 3 is 2.46 bits per heavy atom. The summed E-state index contributed by atoms with van der Waals surface area (Å²) >= 11 is 0. The number of aliphatic carboxylic acids is 1. The van der Waals surface area contributed by atoms with Gasteiger partial charge in [0.15, 0.2) is 5.78 Å². The second-order valence-corrected chi connectivity index (χ2v) is 7.33. The second-order valence-electron chi connectivity index (χ2n) is 7.33. The van der Waals surface area contributed by atoms with Crippen LogP contribution in [0.2, 0.25) is 0 Å². The van der Waals surface area contributed by atoms with Crippen molar-refractivity contribution in [2.45, 2.75) is 38.5 Å². The van der Waals surface area contributed by atoms with E-state index in [4.69, 9.17) is 15.1 Å². The van der Waals surface area contributed by atoms with Gasteiger partial charge in [0, 0.05) is 23.5 Å². The zero-order valence-electron chi connectivity index (χ0n) is 15.6. The SMILES string of the molecule is O=C(O)CCCCc1nc2cc(C(=O)C3CC3)ccc2nc1-c1ccccc1. The summed E-state index contributed by atoms with van der Waals surface area (Å²) < 4.78 is 0. The molecule has 0 radical (unpaired) electrons. The van der Waals surface area contributed by atoms with Crippen LogP contribution in [0.4, 0.5) is 0 Å². The van der Waals surface area contributed by atoms with Gasteiger partial charge >= 0.3 is 5.97 Å². The fraction of sp³-hybridized carbons (Fsp3) is 0.304. The minimum atomic E-state index is -0.781. The van der Waals surface area contributed by atoms with Gasteiger partial charge in [0.05, 0.1) is 22.4 Å². The van der Waals surface area contributed by atoms with Crippen LogP contribution in [0, 0.1) is 5.92 Å². The van der Waals surface area contributed by atoms with E-state index in [1.807, 2.05) is 48.5 Å². The zero-order chi connectivity index (χ0) is 19.5. The van der Waals surface area contributed by atoms with E-state index >= 15 is 0 Å². The maximum Gasteiger partial charge on any atom is 0.303 e. The first-order valence-electron chi connectivity index (χ1n) is 9.74. The number of unbranched alkanes of at least 4 members (excludes halogenated alkanes) is 1. The van der Waals surface area contributed by atoms with Gasteiger partial charge in [-0.15, -0.1) is 0 Å². The van der Waals surface area contributed by atoms with Gasteiger partial charge in [-0.3, -0.25) is 9.59 Å². The molecule has 5 nitrogen and oxygen atoms in total. The summed E-state index contributed by atoms with van der Waals surface area (Å²) in [5.41, 5.74) is 4.85. The molecule has 5 heteroatoms. The number of hydrogen-bond donors (Lipinski definition) is 1. The third-order valence-electron chi connectivity index (χ3n) is 5.07. The third kappa shape index (κ3) is 4.09. The fourth-order valence-corrected chi connectivity index (χ4v) is 3.40. The highest BCUT2D eigenvalue weighted by Crippen LogP contribution is 2.33. The van der Waals surface area contributed by atoms with E-state index < -0.39 is 5.97 Å². The van der Waals surface area contributed by atoms with E-state index in [9.17, 15) is 9.59 Å². The number of carboxylic acid groups (broad SMARTS) is 1. The first-order chi connectivity index (χ1) is 13.6. The van der Waals surface area contributed by atoms with E-state index in [-0.39, 0.29) is 18.1 Å². The number of hydrogen-bond acceptors (Lipinski definition) is 4. The van der Waals surface area contributed by atoms with Gasteiger partial charge in [-0.05, 0) is 50.3 Å². The highest BCUT2D eigenvalue weighted by molar-refractivity contribution is 6.01. The number of carbonyl (C=O) groups is 2. The molecule has 0 aliphatic heterocycles. The van der Waals surface area contributed by atoms with Crippen molar-refractivity contribution in [1.29, 1.82) is 0 Å². The number of Topliss-reactive ketones (excluding diaryl/α,β-unsaturated/α-hetero) is 1. The Balaban J connectivity index is 1.70. The quantitative estimate of drug-likeness (QED) is 0.457. The van der Waals surface area contributed by atoms with Crippen molar-refractivity contribution in [3.05, 3.63) is 59.8 Å². The van der Waals surface area contributed by atoms with Crippen molar-refractivity contribution in [2.75, 3.05) is 0 Å². The number of aromatic nitrogens is 2.